The lowest BCUT2D eigenvalue weighted by molar-refractivity contribution is 0.296. The third-order valence-electron chi connectivity index (χ3n) is 2.82. The third-order valence-corrected chi connectivity index (χ3v) is 2.82. The van der Waals surface area contributed by atoms with Crippen molar-refractivity contribution in [1.29, 1.82) is 0 Å². The second kappa shape index (κ2) is 4.24. The molecule has 0 bridgehead atoms. The van der Waals surface area contributed by atoms with Crippen molar-refractivity contribution in [3.8, 4) is 0 Å². The molecule has 0 aromatic carbocycles. The van der Waals surface area contributed by atoms with Crippen LogP contribution in [-0.2, 0) is 0 Å². The van der Waals surface area contributed by atoms with Crippen LogP contribution < -0.4 is 5.32 Å². The molecule has 1 atom stereocenters. The van der Waals surface area contributed by atoms with Gasteiger partial charge in [0.15, 0.2) is 0 Å². The summed E-state index contributed by atoms with van der Waals surface area (Å²) in [5.74, 6) is 0. The van der Waals surface area contributed by atoms with Gasteiger partial charge in [-0.15, -0.1) is 0 Å². The summed E-state index contributed by atoms with van der Waals surface area (Å²) in [6, 6.07) is 0. The zero-order chi connectivity index (χ0) is 9.03. The van der Waals surface area contributed by atoms with Gasteiger partial charge in [-0.2, -0.15) is 0 Å². The van der Waals surface area contributed by atoms with Gasteiger partial charge >= 0.3 is 0 Å². The number of likely N-dealkylation sites (tertiary alicyclic amines) is 1. The van der Waals surface area contributed by atoms with Crippen molar-refractivity contribution in [2.75, 3.05) is 26.7 Å². The molecule has 1 saturated heterocycles. The van der Waals surface area contributed by atoms with E-state index in [1.165, 1.54) is 32.4 Å². The molecule has 0 spiro atoms. The Morgan fingerprint density at radius 3 is 2.58 bits per heavy atom. The van der Waals surface area contributed by atoms with Gasteiger partial charge in [-0.1, -0.05) is 20.3 Å². The fraction of sp³-hybridized carbons (Fsp3) is 1.00. The third kappa shape index (κ3) is 2.20. The van der Waals surface area contributed by atoms with Gasteiger partial charge < -0.3 is 10.2 Å². The van der Waals surface area contributed by atoms with Crippen molar-refractivity contribution < 1.29 is 0 Å². The van der Waals surface area contributed by atoms with Crippen molar-refractivity contribution >= 4 is 0 Å². The van der Waals surface area contributed by atoms with Crippen LogP contribution in [0.1, 0.15) is 33.1 Å². The monoisotopic (exact) mass is 170 g/mol. The van der Waals surface area contributed by atoms with E-state index in [1.54, 1.807) is 0 Å². The molecule has 0 radical (unpaired) electrons. The minimum atomic E-state index is 0.443. The minimum Gasteiger partial charge on any atom is -0.310 e. The predicted molar refractivity (Wildman–Crippen MR) is 53.4 cm³/mol. The molecule has 1 aliphatic heterocycles. The van der Waals surface area contributed by atoms with Gasteiger partial charge in [0.1, 0.15) is 0 Å². The zero-order valence-corrected chi connectivity index (χ0v) is 8.69. The van der Waals surface area contributed by atoms with Crippen molar-refractivity contribution in [2.24, 2.45) is 0 Å². The highest BCUT2D eigenvalue weighted by Crippen LogP contribution is 2.24. The number of nitrogens with one attached hydrogen (secondary N) is 1. The Balaban J connectivity index is 2.48. The summed E-state index contributed by atoms with van der Waals surface area (Å²) < 4.78 is 0. The molecule has 0 amide bonds. The molecule has 0 saturated carbocycles. The molecule has 0 aromatic rings. The molecule has 1 unspecified atom stereocenters. The molecule has 12 heavy (non-hydrogen) atoms. The van der Waals surface area contributed by atoms with Crippen molar-refractivity contribution in [3.05, 3.63) is 0 Å². The lowest BCUT2D eigenvalue weighted by Crippen LogP contribution is -2.46. The molecule has 1 N–H and O–H groups in total. The molecule has 1 aliphatic rings. The summed E-state index contributed by atoms with van der Waals surface area (Å²) in [4.78, 5) is 2.43. The summed E-state index contributed by atoms with van der Waals surface area (Å²) in [5, 5.41) is 3.65. The molecule has 0 aromatic heterocycles. The first-order valence-corrected chi connectivity index (χ1v) is 5.16. The molecule has 2 nitrogen and oxygen atoms in total. The average molecular weight is 170 g/mol. The average Bonchev–Trinajstić information content (AvgIpc) is 2.34. The minimum absolute atomic E-state index is 0.443. The number of hydrogen-bond acceptors (Lipinski definition) is 2. The van der Waals surface area contributed by atoms with E-state index in [4.69, 9.17) is 0 Å². The van der Waals surface area contributed by atoms with Crippen LogP contribution in [0.3, 0.4) is 0 Å². The van der Waals surface area contributed by atoms with Crippen LogP contribution in [-0.4, -0.2) is 37.1 Å². The molecule has 1 heterocycles. The first-order valence-electron chi connectivity index (χ1n) is 5.16. The Labute approximate surface area is 76.3 Å². The van der Waals surface area contributed by atoms with E-state index in [0.29, 0.717) is 5.54 Å². The number of hydrogen-bond donors (Lipinski definition) is 1. The second-order valence-corrected chi connectivity index (χ2v) is 4.05. The van der Waals surface area contributed by atoms with Crippen LogP contribution in [0.2, 0.25) is 0 Å². The normalized spacial score (nSPS) is 31.2. The SMILES string of the molecule is CCCC1(NCC)CCN(C)C1. The van der Waals surface area contributed by atoms with E-state index in [-0.39, 0.29) is 0 Å². The van der Waals surface area contributed by atoms with Crippen molar-refractivity contribution in [1.82, 2.24) is 10.2 Å². The molecule has 1 rings (SSSR count). The fourth-order valence-electron chi connectivity index (χ4n) is 2.37. The lowest BCUT2D eigenvalue weighted by atomic mass is 9.93. The quantitative estimate of drug-likeness (QED) is 0.687. The maximum absolute atomic E-state index is 3.65. The van der Waals surface area contributed by atoms with E-state index < -0.39 is 0 Å². The summed E-state index contributed by atoms with van der Waals surface area (Å²) in [5.41, 5.74) is 0.443. The van der Waals surface area contributed by atoms with E-state index in [1.807, 2.05) is 0 Å². The van der Waals surface area contributed by atoms with E-state index in [2.05, 4.69) is 31.1 Å². The number of nitrogens with zero attached hydrogens (tertiary/aromatic N) is 1. The molecule has 72 valence electrons. The maximum atomic E-state index is 3.65. The summed E-state index contributed by atoms with van der Waals surface area (Å²) in [7, 11) is 2.22. The van der Waals surface area contributed by atoms with Gasteiger partial charge in [0.2, 0.25) is 0 Å². The van der Waals surface area contributed by atoms with Crippen LogP contribution in [0.25, 0.3) is 0 Å². The largest absolute Gasteiger partial charge is 0.310 e. The Bertz CT molecular complexity index is 122. The van der Waals surface area contributed by atoms with Gasteiger partial charge in [0.05, 0.1) is 0 Å². The van der Waals surface area contributed by atoms with Gasteiger partial charge in [-0.05, 0) is 33.0 Å². The zero-order valence-electron chi connectivity index (χ0n) is 8.69. The summed E-state index contributed by atoms with van der Waals surface area (Å²) >= 11 is 0. The Kier molecular flexibility index (Phi) is 3.53. The highest BCUT2D eigenvalue weighted by atomic mass is 15.2. The van der Waals surface area contributed by atoms with Crippen LogP contribution in [0.5, 0.6) is 0 Å². The van der Waals surface area contributed by atoms with Gasteiger partial charge in [-0.25, -0.2) is 0 Å². The molecule has 0 aliphatic carbocycles. The maximum Gasteiger partial charge on any atom is 0.0320 e. The standard InChI is InChI=1S/C10H22N2/c1-4-6-10(11-5-2)7-8-12(3)9-10/h11H,4-9H2,1-3H3. The van der Waals surface area contributed by atoms with E-state index in [0.717, 1.165) is 6.54 Å². The van der Waals surface area contributed by atoms with Crippen LogP contribution >= 0.6 is 0 Å². The van der Waals surface area contributed by atoms with E-state index >= 15 is 0 Å². The predicted octanol–water partition coefficient (Wildman–Crippen LogP) is 1.47. The number of rotatable bonds is 4. The van der Waals surface area contributed by atoms with Gasteiger partial charge in [0, 0.05) is 12.1 Å². The Morgan fingerprint density at radius 1 is 1.42 bits per heavy atom. The highest BCUT2D eigenvalue weighted by Gasteiger charge is 2.34. The Hall–Kier alpha value is -0.0800. The number of likely N-dealkylation sites (N-methyl/N-ethyl adjacent to an activating group) is 2. The van der Waals surface area contributed by atoms with Crippen LogP contribution in [0.4, 0.5) is 0 Å². The molecular weight excluding hydrogens is 148 g/mol. The summed E-state index contributed by atoms with van der Waals surface area (Å²) in [6.07, 6.45) is 3.94. The van der Waals surface area contributed by atoms with Crippen molar-refractivity contribution in [3.63, 3.8) is 0 Å². The van der Waals surface area contributed by atoms with Crippen molar-refractivity contribution in [2.45, 2.75) is 38.6 Å². The first kappa shape index (κ1) is 10.0. The smallest absolute Gasteiger partial charge is 0.0320 e. The summed E-state index contributed by atoms with van der Waals surface area (Å²) in [6.45, 7) is 8.07. The highest BCUT2D eigenvalue weighted by molar-refractivity contribution is 4.95. The topological polar surface area (TPSA) is 15.3 Å². The van der Waals surface area contributed by atoms with Gasteiger partial charge in [-0.3, -0.25) is 0 Å². The van der Waals surface area contributed by atoms with Crippen LogP contribution in [0, 0.1) is 0 Å². The van der Waals surface area contributed by atoms with E-state index in [9.17, 15) is 0 Å². The molecule has 1 fully saturated rings. The molecule has 2 heteroatoms. The van der Waals surface area contributed by atoms with Gasteiger partial charge in [0.25, 0.3) is 0 Å². The fourth-order valence-corrected chi connectivity index (χ4v) is 2.37. The van der Waals surface area contributed by atoms with Crippen LogP contribution in [0.15, 0.2) is 0 Å². The molecular formula is C10H22N2. The lowest BCUT2D eigenvalue weighted by Gasteiger charge is -2.29. The Morgan fingerprint density at radius 2 is 2.17 bits per heavy atom. The second-order valence-electron chi connectivity index (χ2n) is 4.05. The first-order chi connectivity index (χ1) is 5.72.